The van der Waals surface area contributed by atoms with E-state index in [1.54, 1.807) is 6.20 Å². The van der Waals surface area contributed by atoms with E-state index in [1.807, 2.05) is 36.4 Å². The summed E-state index contributed by atoms with van der Waals surface area (Å²) in [7, 11) is 0. The van der Waals surface area contributed by atoms with Gasteiger partial charge in [-0.25, -0.2) is 9.97 Å². The lowest BCUT2D eigenvalue weighted by Crippen LogP contribution is -2.10. The maximum Gasteiger partial charge on any atom is 0.160 e. The number of nitrogens with zero attached hydrogens (tertiary/aromatic N) is 3. The highest BCUT2D eigenvalue weighted by Crippen LogP contribution is 2.23. The molecule has 0 saturated heterocycles. The summed E-state index contributed by atoms with van der Waals surface area (Å²) < 4.78 is 7.90. The summed E-state index contributed by atoms with van der Waals surface area (Å²) in [5.41, 5.74) is 8.28. The maximum atomic E-state index is 5.89. The van der Waals surface area contributed by atoms with Gasteiger partial charge < -0.3 is 15.0 Å². The third-order valence-corrected chi connectivity index (χ3v) is 3.31. The van der Waals surface area contributed by atoms with E-state index in [4.69, 9.17) is 10.5 Å². The van der Waals surface area contributed by atoms with E-state index < -0.39 is 0 Å². The molecule has 0 radical (unpaired) electrons. The number of hydrogen-bond donors (Lipinski definition) is 1. The molecule has 5 heteroatoms. The summed E-state index contributed by atoms with van der Waals surface area (Å²) in [5.74, 6) is 1.52. The molecule has 2 heterocycles. The number of rotatable bonds is 4. The van der Waals surface area contributed by atoms with Crippen molar-refractivity contribution in [1.82, 2.24) is 14.5 Å². The van der Waals surface area contributed by atoms with E-state index in [9.17, 15) is 0 Å². The molecular formula is C16H18N4O. The maximum absolute atomic E-state index is 5.89. The first kappa shape index (κ1) is 13.4. The van der Waals surface area contributed by atoms with E-state index in [0.29, 0.717) is 18.0 Å². The van der Waals surface area contributed by atoms with Crippen molar-refractivity contribution < 1.29 is 4.74 Å². The van der Waals surface area contributed by atoms with Crippen LogP contribution in [0.2, 0.25) is 0 Å². The van der Waals surface area contributed by atoms with Crippen molar-refractivity contribution in [3.63, 3.8) is 0 Å². The van der Waals surface area contributed by atoms with Crippen LogP contribution in [-0.2, 0) is 6.61 Å². The van der Waals surface area contributed by atoms with Gasteiger partial charge in [0.15, 0.2) is 5.65 Å². The predicted molar refractivity (Wildman–Crippen MR) is 83.1 cm³/mol. The molecule has 0 aliphatic rings. The van der Waals surface area contributed by atoms with E-state index in [1.165, 1.54) is 0 Å². The van der Waals surface area contributed by atoms with Crippen LogP contribution in [-0.4, -0.2) is 14.5 Å². The molecule has 0 unspecified atom stereocenters. The van der Waals surface area contributed by atoms with Crippen LogP contribution in [0.3, 0.4) is 0 Å². The normalized spacial score (nSPS) is 11.2. The van der Waals surface area contributed by atoms with Crippen LogP contribution in [0.1, 0.15) is 25.7 Å². The number of anilines is 1. The van der Waals surface area contributed by atoms with Crippen molar-refractivity contribution >= 4 is 16.9 Å². The Labute approximate surface area is 123 Å². The van der Waals surface area contributed by atoms with Gasteiger partial charge in [-0.15, -0.1) is 0 Å². The minimum atomic E-state index is 0.261. The number of nitrogen functional groups attached to an aromatic ring is 1. The number of nitrogens with two attached hydrogens (primary N) is 1. The van der Waals surface area contributed by atoms with Crippen molar-refractivity contribution in [3.05, 3.63) is 48.4 Å². The molecule has 0 saturated carbocycles. The van der Waals surface area contributed by atoms with Gasteiger partial charge in [-0.1, -0.05) is 12.1 Å². The van der Waals surface area contributed by atoms with E-state index in [2.05, 4.69) is 28.4 Å². The van der Waals surface area contributed by atoms with Crippen LogP contribution >= 0.6 is 0 Å². The minimum absolute atomic E-state index is 0.261. The summed E-state index contributed by atoms with van der Waals surface area (Å²) in [6.07, 6.45) is 1.78. The van der Waals surface area contributed by atoms with Gasteiger partial charge in [-0.05, 0) is 38.1 Å². The smallest absolute Gasteiger partial charge is 0.160 e. The average molecular weight is 282 g/mol. The average Bonchev–Trinajstić information content (AvgIpc) is 2.85. The molecule has 0 aliphatic carbocycles. The van der Waals surface area contributed by atoms with E-state index in [0.717, 1.165) is 17.0 Å². The second kappa shape index (κ2) is 5.44. The summed E-state index contributed by atoms with van der Waals surface area (Å²) in [4.78, 5) is 9.03. The summed E-state index contributed by atoms with van der Waals surface area (Å²) >= 11 is 0. The first-order valence-corrected chi connectivity index (χ1v) is 6.96. The van der Waals surface area contributed by atoms with Crippen LogP contribution in [0.25, 0.3) is 11.2 Å². The summed E-state index contributed by atoms with van der Waals surface area (Å²) in [6.45, 7) is 4.58. The first-order valence-electron chi connectivity index (χ1n) is 6.96. The van der Waals surface area contributed by atoms with Crippen LogP contribution < -0.4 is 10.5 Å². The number of aromatic nitrogens is 3. The quantitative estimate of drug-likeness (QED) is 0.746. The summed E-state index contributed by atoms with van der Waals surface area (Å²) in [6, 6.07) is 11.6. The van der Waals surface area contributed by atoms with Gasteiger partial charge in [0.1, 0.15) is 23.7 Å². The second-order valence-corrected chi connectivity index (χ2v) is 5.16. The molecule has 0 amide bonds. The fourth-order valence-electron chi connectivity index (χ4n) is 2.38. The standard InChI is InChI=1S/C16H18N4O/c1-11(2)20-15(19-13-7-5-9-18-16(13)20)10-21-14-8-4-3-6-12(14)17/h3-9,11H,10,17H2,1-2H3. The lowest BCUT2D eigenvalue weighted by Gasteiger charge is -2.13. The highest BCUT2D eigenvalue weighted by atomic mass is 16.5. The Morgan fingerprint density at radius 2 is 2.00 bits per heavy atom. The minimum Gasteiger partial charge on any atom is -0.484 e. The lowest BCUT2D eigenvalue weighted by atomic mass is 10.3. The van der Waals surface area contributed by atoms with Crippen LogP contribution in [0.4, 0.5) is 5.69 Å². The zero-order valence-electron chi connectivity index (χ0n) is 12.2. The number of ether oxygens (including phenoxy) is 1. The molecule has 21 heavy (non-hydrogen) atoms. The Balaban J connectivity index is 1.93. The molecule has 2 N–H and O–H groups in total. The van der Waals surface area contributed by atoms with E-state index in [-0.39, 0.29) is 6.04 Å². The molecule has 2 aromatic heterocycles. The van der Waals surface area contributed by atoms with Gasteiger partial charge in [0.05, 0.1) is 5.69 Å². The monoisotopic (exact) mass is 282 g/mol. The van der Waals surface area contributed by atoms with E-state index >= 15 is 0 Å². The number of para-hydroxylation sites is 2. The fourth-order valence-corrected chi connectivity index (χ4v) is 2.38. The Bertz CT molecular complexity index is 764. The zero-order valence-corrected chi connectivity index (χ0v) is 12.2. The number of imidazole rings is 1. The van der Waals surface area contributed by atoms with Crippen LogP contribution in [0, 0.1) is 0 Å². The van der Waals surface area contributed by atoms with Gasteiger partial charge in [0.2, 0.25) is 0 Å². The third kappa shape index (κ3) is 2.54. The number of benzene rings is 1. The van der Waals surface area contributed by atoms with Crippen molar-refractivity contribution in [1.29, 1.82) is 0 Å². The van der Waals surface area contributed by atoms with Crippen molar-refractivity contribution in [3.8, 4) is 5.75 Å². The molecule has 3 rings (SSSR count). The van der Waals surface area contributed by atoms with Gasteiger partial charge in [0.25, 0.3) is 0 Å². The molecule has 108 valence electrons. The molecule has 0 aliphatic heterocycles. The van der Waals surface area contributed by atoms with Crippen LogP contribution in [0.5, 0.6) is 5.75 Å². The van der Waals surface area contributed by atoms with Gasteiger partial charge in [-0.2, -0.15) is 0 Å². The van der Waals surface area contributed by atoms with Crippen molar-refractivity contribution in [2.45, 2.75) is 26.5 Å². The topological polar surface area (TPSA) is 66.0 Å². The van der Waals surface area contributed by atoms with Crippen LogP contribution in [0.15, 0.2) is 42.6 Å². The van der Waals surface area contributed by atoms with Gasteiger partial charge in [-0.3, -0.25) is 0 Å². The fraction of sp³-hybridized carbons (Fsp3) is 0.250. The third-order valence-electron chi connectivity index (χ3n) is 3.31. The van der Waals surface area contributed by atoms with Crippen molar-refractivity contribution in [2.24, 2.45) is 0 Å². The molecule has 0 atom stereocenters. The summed E-state index contributed by atoms with van der Waals surface area (Å²) in [5, 5.41) is 0. The second-order valence-electron chi connectivity index (χ2n) is 5.16. The Kier molecular flexibility index (Phi) is 3.48. The molecule has 3 aromatic rings. The highest BCUT2D eigenvalue weighted by Gasteiger charge is 2.14. The molecule has 1 aromatic carbocycles. The molecule has 5 nitrogen and oxygen atoms in total. The number of hydrogen-bond acceptors (Lipinski definition) is 4. The molecular weight excluding hydrogens is 264 g/mol. The zero-order chi connectivity index (χ0) is 14.8. The highest BCUT2D eigenvalue weighted by molar-refractivity contribution is 5.71. The predicted octanol–water partition coefficient (Wildman–Crippen LogP) is 3.17. The van der Waals surface area contributed by atoms with Crippen molar-refractivity contribution in [2.75, 3.05) is 5.73 Å². The lowest BCUT2D eigenvalue weighted by molar-refractivity contribution is 0.289. The largest absolute Gasteiger partial charge is 0.484 e. The Morgan fingerprint density at radius 3 is 2.76 bits per heavy atom. The molecule has 0 bridgehead atoms. The first-order chi connectivity index (χ1) is 10.2. The Morgan fingerprint density at radius 1 is 1.19 bits per heavy atom. The number of pyridine rings is 1. The molecule has 0 fully saturated rings. The Hall–Kier alpha value is -2.56. The van der Waals surface area contributed by atoms with Gasteiger partial charge in [0, 0.05) is 12.2 Å². The molecule has 0 spiro atoms. The number of fused-ring (bicyclic) bond motifs is 1. The SMILES string of the molecule is CC(C)n1c(COc2ccccc2N)nc2cccnc21. The van der Waals surface area contributed by atoms with Gasteiger partial charge >= 0.3 is 0 Å².